The van der Waals surface area contributed by atoms with Crippen LogP contribution in [0.3, 0.4) is 0 Å². The van der Waals surface area contributed by atoms with E-state index in [9.17, 15) is 22.8 Å². The molecule has 1 aromatic carbocycles. The van der Waals surface area contributed by atoms with Crippen molar-refractivity contribution in [3.63, 3.8) is 0 Å². The van der Waals surface area contributed by atoms with E-state index in [0.29, 0.717) is 10.2 Å². The fraction of sp³-hybridized carbons (Fsp3) is 0.250. The predicted molar refractivity (Wildman–Crippen MR) is 93.3 cm³/mol. The fourth-order valence-corrected chi connectivity index (χ4v) is 3.67. The monoisotopic (exact) mass is 481 g/mol. The quantitative estimate of drug-likeness (QED) is 0.469. The molecule has 0 bridgehead atoms. The molecule has 25 heavy (non-hydrogen) atoms. The Labute approximate surface area is 157 Å². The molecule has 0 spiro atoms. The van der Waals surface area contributed by atoms with Crippen LogP contribution in [0.15, 0.2) is 39.6 Å². The van der Waals surface area contributed by atoms with E-state index in [4.69, 9.17) is 4.74 Å². The maximum absolute atomic E-state index is 13.0. The first-order chi connectivity index (χ1) is 11.7. The van der Waals surface area contributed by atoms with Gasteiger partial charge in [-0.25, -0.2) is 4.79 Å². The summed E-state index contributed by atoms with van der Waals surface area (Å²) in [5, 5.41) is 0.183. The number of esters is 1. The van der Waals surface area contributed by atoms with E-state index in [2.05, 4.69) is 31.9 Å². The summed E-state index contributed by atoms with van der Waals surface area (Å²) in [6.45, 7) is 1.66. The molecular weight excluding hydrogens is 471 g/mol. The summed E-state index contributed by atoms with van der Waals surface area (Å²) in [6, 6.07) is 5.64. The second-order valence-electron chi connectivity index (χ2n) is 4.90. The van der Waals surface area contributed by atoms with Crippen LogP contribution in [-0.4, -0.2) is 17.1 Å². The van der Waals surface area contributed by atoms with Crippen LogP contribution in [0.5, 0.6) is 0 Å². The van der Waals surface area contributed by atoms with Crippen LogP contribution < -0.4 is 5.56 Å². The molecule has 0 radical (unpaired) electrons. The number of nitrogens with zero attached hydrogens (tertiary/aromatic N) is 1. The number of aromatic nitrogens is 1. The Morgan fingerprint density at radius 2 is 1.96 bits per heavy atom. The lowest BCUT2D eigenvalue weighted by Crippen LogP contribution is -2.29. The highest BCUT2D eigenvalue weighted by atomic mass is 79.9. The number of halogens is 5. The summed E-state index contributed by atoms with van der Waals surface area (Å²) in [4.78, 5) is 24.7. The number of carbonyl (C=O) groups excluding carboxylic acids is 1. The Hall–Kier alpha value is -1.61. The van der Waals surface area contributed by atoms with Gasteiger partial charge in [-0.2, -0.15) is 13.2 Å². The minimum atomic E-state index is -4.55. The SMILES string of the molecule is CCOC(=O)c1cc(Br)c(CBr)n(-c2cccc(C(F)(F)F)c2)c1=O. The molecule has 0 N–H and O–H groups in total. The van der Waals surface area contributed by atoms with Crippen molar-refractivity contribution < 1.29 is 22.7 Å². The minimum absolute atomic E-state index is 0.00104. The van der Waals surface area contributed by atoms with Crippen LogP contribution in [0, 0.1) is 0 Å². The topological polar surface area (TPSA) is 48.3 Å². The van der Waals surface area contributed by atoms with Crippen LogP contribution >= 0.6 is 31.9 Å². The lowest BCUT2D eigenvalue weighted by Gasteiger charge is -2.16. The van der Waals surface area contributed by atoms with Crippen molar-refractivity contribution in [2.24, 2.45) is 0 Å². The molecule has 0 aliphatic carbocycles. The molecule has 2 rings (SSSR count). The van der Waals surface area contributed by atoms with Gasteiger partial charge in [-0.3, -0.25) is 9.36 Å². The van der Waals surface area contributed by atoms with Crippen LogP contribution in [0.2, 0.25) is 0 Å². The zero-order chi connectivity index (χ0) is 18.8. The van der Waals surface area contributed by atoms with Gasteiger partial charge in [0.15, 0.2) is 0 Å². The largest absolute Gasteiger partial charge is 0.462 e. The van der Waals surface area contributed by atoms with Gasteiger partial charge in [0.25, 0.3) is 5.56 Å². The minimum Gasteiger partial charge on any atom is -0.462 e. The van der Waals surface area contributed by atoms with Gasteiger partial charge in [0.05, 0.1) is 17.9 Å². The summed E-state index contributed by atoms with van der Waals surface area (Å²) in [5.74, 6) is -0.838. The number of rotatable bonds is 4. The molecule has 1 aromatic heterocycles. The first kappa shape index (κ1) is 19.7. The number of ether oxygens (including phenoxy) is 1. The molecule has 134 valence electrons. The zero-order valence-electron chi connectivity index (χ0n) is 12.9. The number of benzene rings is 1. The first-order valence-electron chi connectivity index (χ1n) is 7.05. The summed E-state index contributed by atoms with van der Waals surface area (Å²) in [6.07, 6.45) is -4.55. The second-order valence-corrected chi connectivity index (χ2v) is 6.31. The predicted octanol–water partition coefficient (Wildman–Crippen LogP) is 4.69. The molecule has 1 heterocycles. The van der Waals surface area contributed by atoms with Crippen molar-refractivity contribution in [2.75, 3.05) is 6.61 Å². The smallest absolute Gasteiger partial charge is 0.416 e. The molecule has 9 heteroatoms. The van der Waals surface area contributed by atoms with E-state index in [1.165, 1.54) is 18.2 Å². The van der Waals surface area contributed by atoms with E-state index in [0.717, 1.165) is 16.7 Å². The fourth-order valence-electron chi connectivity index (χ4n) is 2.19. The Kier molecular flexibility index (Phi) is 6.10. The molecule has 0 aliphatic rings. The summed E-state index contributed by atoms with van der Waals surface area (Å²) >= 11 is 6.46. The molecule has 0 saturated heterocycles. The molecule has 0 amide bonds. The Bertz CT molecular complexity index is 863. The third kappa shape index (κ3) is 4.14. The number of hydrogen-bond donors (Lipinski definition) is 0. The van der Waals surface area contributed by atoms with Gasteiger partial charge in [-0.15, -0.1) is 0 Å². The van der Waals surface area contributed by atoms with E-state index >= 15 is 0 Å². The van der Waals surface area contributed by atoms with Crippen molar-refractivity contribution in [3.05, 3.63) is 62.0 Å². The zero-order valence-corrected chi connectivity index (χ0v) is 16.0. The van der Waals surface area contributed by atoms with Crippen molar-refractivity contribution in [1.82, 2.24) is 4.57 Å². The van der Waals surface area contributed by atoms with Crippen LogP contribution in [0.1, 0.15) is 28.5 Å². The number of alkyl halides is 4. The van der Waals surface area contributed by atoms with Gasteiger partial charge in [0, 0.05) is 15.5 Å². The van der Waals surface area contributed by atoms with E-state index in [1.807, 2.05) is 0 Å². The van der Waals surface area contributed by atoms with Crippen molar-refractivity contribution in [2.45, 2.75) is 18.4 Å². The van der Waals surface area contributed by atoms with Crippen molar-refractivity contribution >= 4 is 37.8 Å². The lowest BCUT2D eigenvalue weighted by molar-refractivity contribution is -0.137. The maximum Gasteiger partial charge on any atom is 0.416 e. The van der Waals surface area contributed by atoms with E-state index in [-0.39, 0.29) is 23.2 Å². The highest BCUT2D eigenvalue weighted by Gasteiger charge is 2.31. The molecule has 0 atom stereocenters. The molecule has 0 aliphatic heterocycles. The summed E-state index contributed by atoms with van der Waals surface area (Å²) in [7, 11) is 0. The van der Waals surface area contributed by atoms with Gasteiger partial charge in [0.2, 0.25) is 0 Å². The number of carbonyl (C=O) groups is 1. The van der Waals surface area contributed by atoms with Gasteiger partial charge in [-0.1, -0.05) is 22.0 Å². The first-order valence-corrected chi connectivity index (χ1v) is 8.97. The van der Waals surface area contributed by atoms with Crippen LogP contribution in [0.4, 0.5) is 13.2 Å². The Morgan fingerprint density at radius 1 is 1.28 bits per heavy atom. The summed E-state index contributed by atoms with van der Waals surface area (Å²) < 4.78 is 45.2. The highest BCUT2D eigenvalue weighted by molar-refractivity contribution is 9.10. The Balaban J connectivity index is 2.76. The molecule has 0 unspecified atom stereocenters. The third-order valence-electron chi connectivity index (χ3n) is 3.30. The average molecular weight is 483 g/mol. The standard InChI is InChI=1S/C16H12Br2F3NO3/c1-2-25-15(24)11-7-12(18)13(8-17)22(14(11)23)10-5-3-4-9(6-10)16(19,20)21/h3-7H,2,8H2,1H3. The molecular formula is C16H12Br2F3NO3. The Morgan fingerprint density at radius 3 is 2.52 bits per heavy atom. The normalized spacial score (nSPS) is 11.4. The number of hydrogen-bond acceptors (Lipinski definition) is 3. The molecule has 2 aromatic rings. The van der Waals surface area contributed by atoms with Gasteiger partial charge < -0.3 is 4.74 Å². The third-order valence-corrected chi connectivity index (χ3v) is 4.52. The van der Waals surface area contributed by atoms with Crippen molar-refractivity contribution in [3.8, 4) is 5.69 Å². The molecule has 0 saturated carbocycles. The van der Waals surface area contributed by atoms with Gasteiger partial charge in [0.1, 0.15) is 5.56 Å². The van der Waals surface area contributed by atoms with Gasteiger partial charge >= 0.3 is 12.1 Å². The second kappa shape index (κ2) is 7.74. The van der Waals surface area contributed by atoms with Crippen molar-refractivity contribution in [1.29, 1.82) is 0 Å². The van der Waals surface area contributed by atoms with Gasteiger partial charge in [-0.05, 0) is 47.1 Å². The highest BCUT2D eigenvalue weighted by Crippen LogP contribution is 2.31. The maximum atomic E-state index is 13.0. The van der Waals surface area contributed by atoms with E-state index in [1.54, 1.807) is 6.92 Å². The van der Waals surface area contributed by atoms with Crippen LogP contribution in [-0.2, 0) is 16.2 Å². The molecule has 4 nitrogen and oxygen atoms in total. The summed E-state index contributed by atoms with van der Waals surface area (Å²) in [5.41, 5.74) is -1.54. The number of pyridine rings is 1. The average Bonchev–Trinajstić information content (AvgIpc) is 2.55. The van der Waals surface area contributed by atoms with Crippen LogP contribution in [0.25, 0.3) is 5.69 Å². The lowest BCUT2D eigenvalue weighted by atomic mass is 10.1. The molecule has 0 fully saturated rings. The van der Waals surface area contributed by atoms with E-state index < -0.39 is 23.3 Å².